The van der Waals surface area contributed by atoms with E-state index in [-0.39, 0.29) is 11.9 Å². The number of benzene rings is 1. The summed E-state index contributed by atoms with van der Waals surface area (Å²) in [5, 5.41) is 2.98. The van der Waals surface area contributed by atoms with E-state index in [9.17, 15) is 4.79 Å². The summed E-state index contributed by atoms with van der Waals surface area (Å²) in [6.45, 7) is 6.19. The molecule has 0 radical (unpaired) electrons. The molecule has 1 N–H and O–H groups in total. The Morgan fingerprint density at radius 2 is 1.95 bits per heavy atom. The Hall–Kier alpha value is -2.10. The summed E-state index contributed by atoms with van der Waals surface area (Å²) >= 11 is 0. The number of nitrogens with one attached hydrogen (secondary N) is 1. The van der Waals surface area contributed by atoms with Gasteiger partial charge in [-0.25, -0.2) is 4.98 Å². The van der Waals surface area contributed by atoms with Crippen LogP contribution in [0.4, 0.5) is 0 Å². The van der Waals surface area contributed by atoms with Gasteiger partial charge in [-0.05, 0) is 12.8 Å². The van der Waals surface area contributed by atoms with Crippen molar-refractivity contribution >= 4 is 5.91 Å². The van der Waals surface area contributed by atoms with Gasteiger partial charge in [-0.1, -0.05) is 44.2 Å². The van der Waals surface area contributed by atoms with Crippen LogP contribution < -0.4 is 5.32 Å². The van der Waals surface area contributed by atoms with Crippen LogP contribution in [0.1, 0.15) is 33.1 Å². The Kier molecular flexibility index (Phi) is 5.14. The van der Waals surface area contributed by atoms with Crippen LogP contribution in [0.15, 0.2) is 40.9 Å². The quantitative estimate of drug-likeness (QED) is 0.885. The SMILES string of the molecule is CC(C)C(C)NC(=O)CCc1ncc(-c2ccccc2)o1. The number of nitrogens with zero attached hydrogens (tertiary/aromatic N) is 1. The number of hydrogen-bond acceptors (Lipinski definition) is 3. The maximum Gasteiger partial charge on any atom is 0.220 e. The minimum atomic E-state index is 0.0376. The van der Waals surface area contributed by atoms with Crippen molar-refractivity contribution in [2.24, 2.45) is 5.92 Å². The van der Waals surface area contributed by atoms with Crippen molar-refractivity contribution in [3.63, 3.8) is 0 Å². The largest absolute Gasteiger partial charge is 0.441 e. The van der Waals surface area contributed by atoms with Gasteiger partial charge in [0.2, 0.25) is 5.91 Å². The van der Waals surface area contributed by atoms with E-state index in [1.54, 1.807) is 6.20 Å². The molecule has 2 rings (SSSR count). The summed E-state index contributed by atoms with van der Waals surface area (Å²) in [5.74, 6) is 1.80. The first-order chi connectivity index (χ1) is 10.1. The minimum absolute atomic E-state index is 0.0376. The Morgan fingerprint density at radius 3 is 2.62 bits per heavy atom. The number of amides is 1. The summed E-state index contributed by atoms with van der Waals surface area (Å²) in [6, 6.07) is 10.0. The van der Waals surface area contributed by atoms with Gasteiger partial charge in [-0.15, -0.1) is 0 Å². The number of aromatic nitrogens is 1. The second kappa shape index (κ2) is 7.07. The Labute approximate surface area is 125 Å². The lowest BCUT2D eigenvalue weighted by Crippen LogP contribution is -2.36. The van der Waals surface area contributed by atoms with Crippen molar-refractivity contribution in [1.82, 2.24) is 10.3 Å². The van der Waals surface area contributed by atoms with Crippen molar-refractivity contribution < 1.29 is 9.21 Å². The fourth-order valence-corrected chi connectivity index (χ4v) is 1.87. The molecule has 1 amide bonds. The van der Waals surface area contributed by atoms with E-state index in [1.165, 1.54) is 0 Å². The number of rotatable bonds is 6. The molecule has 4 heteroatoms. The van der Waals surface area contributed by atoms with E-state index < -0.39 is 0 Å². The number of hydrogen-bond donors (Lipinski definition) is 1. The highest BCUT2D eigenvalue weighted by Gasteiger charge is 2.12. The highest BCUT2D eigenvalue weighted by atomic mass is 16.4. The van der Waals surface area contributed by atoms with Gasteiger partial charge >= 0.3 is 0 Å². The number of aryl methyl sites for hydroxylation is 1. The van der Waals surface area contributed by atoms with Gasteiger partial charge < -0.3 is 9.73 Å². The molecule has 0 bridgehead atoms. The van der Waals surface area contributed by atoms with E-state index in [4.69, 9.17) is 4.42 Å². The first kappa shape index (κ1) is 15.3. The molecule has 1 aromatic carbocycles. The van der Waals surface area contributed by atoms with E-state index in [0.29, 0.717) is 24.7 Å². The average molecular weight is 286 g/mol. The predicted molar refractivity (Wildman–Crippen MR) is 82.7 cm³/mol. The van der Waals surface area contributed by atoms with Crippen molar-refractivity contribution in [2.75, 3.05) is 0 Å². The van der Waals surface area contributed by atoms with E-state index >= 15 is 0 Å². The summed E-state index contributed by atoms with van der Waals surface area (Å²) in [5.41, 5.74) is 0.995. The molecule has 0 saturated carbocycles. The molecule has 0 spiro atoms. The van der Waals surface area contributed by atoms with Crippen LogP contribution in [0.5, 0.6) is 0 Å². The number of oxazole rings is 1. The fourth-order valence-electron chi connectivity index (χ4n) is 1.87. The third-order valence-corrected chi connectivity index (χ3v) is 3.57. The standard InChI is InChI=1S/C17H22N2O2/c1-12(2)13(3)19-16(20)9-10-17-18-11-15(21-17)14-7-5-4-6-8-14/h4-8,11-13H,9-10H2,1-3H3,(H,19,20). The normalized spacial score (nSPS) is 12.4. The minimum Gasteiger partial charge on any atom is -0.441 e. The molecule has 0 aliphatic heterocycles. The average Bonchev–Trinajstić information content (AvgIpc) is 2.95. The van der Waals surface area contributed by atoms with Crippen molar-refractivity contribution in [1.29, 1.82) is 0 Å². The molecule has 112 valence electrons. The van der Waals surface area contributed by atoms with E-state index in [2.05, 4.69) is 24.1 Å². The maximum absolute atomic E-state index is 11.8. The summed E-state index contributed by atoms with van der Waals surface area (Å²) < 4.78 is 5.68. The van der Waals surface area contributed by atoms with Gasteiger partial charge in [0.05, 0.1) is 6.20 Å². The summed E-state index contributed by atoms with van der Waals surface area (Å²) in [7, 11) is 0. The van der Waals surface area contributed by atoms with Crippen LogP contribution in [0.25, 0.3) is 11.3 Å². The van der Waals surface area contributed by atoms with Gasteiger partial charge in [-0.3, -0.25) is 4.79 Å². The maximum atomic E-state index is 11.8. The highest BCUT2D eigenvalue weighted by Crippen LogP contribution is 2.20. The molecule has 1 aromatic heterocycles. The molecule has 0 saturated heterocycles. The van der Waals surface area contributed by atoms with Crippen LogP contribution in [-0.2, 0) is 11.2 Å². The monoisotopic (exact) mass is 286 g/mol. The molecule has 0 aliphatic carbocycles. The number of carbonyl (C=O) groups is 1. The van der Waals surface area contributed by atoms with Crippen LogP contribution >= 0.6 is 0 Å². The molecular formula is C17H22N2O2. The van der Waals surface area contributed by atoms with Crippen LogP contribution in [0.3, 0.4) is 0 Å². The van der Waals surface area contributed by atoms with Crippen LogP contribution in [-0.4, -0.2) is 16.9 Å². The highest BCUT2D eigenvalue weighted by molar-refractivity contribution is 5.76. The second-order valence-corrected chi connectivity index (χ2v) is 5.58. The van der Waals surface area contributed by atoms with Gasteiger partial charge in [0, 0.05) is 24.4 Å². The van der Waals surface area contributed by atoms with Crippen molar-refractivity contribution in [3.8, 4) is 11.3 Å². The van der Waals surface area contributed by atoms with Crippen LogP contribution in [0, 0.1) is 5.92 Å². The van der Waals surface area contributed by atoms with Gasteiger partial charge in [0.25, 0.3) is 0 Å². The lowest BCUT2D eigenvalue weighted by Gasteiger charge is -2.16. The molecule has 1 heterocycles. The molecule has 4 nitrogen and oxygen atoms in total. The van der Waals surface area contributed by atoms with Gasteiger partial charge in [0.1, 0.15) is 0 Å². The Balaban J connectivity index is 1.87. The Bertz CT molecular complexity index is 575. The predicted octanol–water partition coefficient (Wildman–Crippen LogP) is 3.43. The Morgan fingerprint density at radius 1 is 1.24 bits per heavy atom. The van der Waals surface area contributed by atoms with E-state index in [1.807, 2.05) is 37.3 Å². The zero-order chi connectivity index (χ0) is 15.2. The molecular weight excluding hydrogens is 264 g/mol. The molecule has 21 heavy (non-hydrogen) atoms. The fraction of sp³-hybridized carbons (Fsp3) is 0.412. The molecule has 0 fully saturated rings. The smallest absolute Gasteiger partial charge is 0.220 e. The third kappa shape index (κ3) is 4.45. The summed E-state index contributed by atoms with van der Waals surface area (Å²) in [4.78, 5) is 16.1. The molecule has 1 unspecified atom stereocenters. The zero-order valence-electron chi connectivity index (χ0n) is 12.8. The third-order valence-electron chi connectivity index (χ3n) is 3.57. The molecule has 0 aliphatic rings. The summed E-state index contributed by atoms with van der Waals surface area (Å²) in [6.07, 6.45) is 2.62. The lowest BCUT2D eigenvalue weighted by molar-refractivity contribution is -0.122. The first-order valence-electron chi connectivity index (χ1n) is 7.35. The first-order valence-corrected chi connectivity index (χ1v) is 7.35. The van der Waals surface area contributed by atoms with E-state index in [0.717, 1.165) is 11.3 Å². The van der Waals surface area contributed by atoms with Crippen LogP contribution in [0.2, 0.25) is 0 Å². The topological polar surface area (TPSA) is 55.1 Å². The van der Waals surface area contributed by atoms with Gasteiger partial charge in [-0.2, -0.15) is 0 Å². The molecule has 1 atom stereocenters. The number of carbonyl (C=O) groups excluding carboxylic acids is 1. The van der Waals surface area contributed by atoms with Crippen molar-refractivity contribution in [3.05, 3.63) is 42.4 Å². The van der Waals surface area contributed by atoms with Crippen molar-refractivity contribution in [2.45, 2.75) is 39.7 Å². The lowest BCUT2D eigenvalue weighted by atomic mass is 10.1. The van der Waals surface area contributed by atoms with Gasteiger partial charge in [0.15, 0.2) is 11.7 Å². The second-order valence-electron chi connectivity index (χ2n) is 5.58. The molecule has 2 aromatic rings. The zero-order valence-corrected chi connectivity index (χ0v) is 12.8.